The highest BCUT2D eigenvalue weighted by Gasteiger charge is 2.22. The molecule has 0 amide bonds. The van der Waals surface area contributed by atoms with Gasteiger partial charge < -0.3 is 18.8 Å². The highest BCUT2D eigenvalue weighted by Crippen LogP contribution is 2.35. The number of hydrogen-bond donors (Lipinski definition) is 0. The fourth-order valence-corrected chi connectivity index (χ4v) is 4.84. The number of Topliss-reactive ketones (excluding diaryl/α,β-unsaturated/α-hetero) is 1. The lowest BCUT2D eigenvalue weighted by atomic mass is 9.95. The maximum atomic E-state index is 15.2. The third kappa shape index (κ3) is 5.66. The average Bonchev–Trinajstić information content (AvgIpc) is 2.99. The van der Waals surface area contributed by atoms with Crippen molar-refractivity contribution < 1.29 is 32.2 Å². The van der Waals surface area contributed by atoms with Crippen LogP contribution in [0, 0.1) is 18.6 Å². The maximum Gasteiger partial charge on any atom is 0.257 e. The van der Waals surface area contributed by atoms with Crippen molar-refractivity contribution in [2.75, 3.05) is 14.2 Å². The van der Waals surface area contributed by atoms with E-state index in [1.807, 2.05) is 0 Å². The molecule has 0 spiro atoms. The fourth-order valence-electron chi connectivity index (χ4n) is 4.84. The summed E-state index contributed by atoms with van der Waals surface area (Å²) >= 11 is 0. The molecule has 0 aliphatic carbocycles. The number of fused-ring (bicyclic) bond motifs is 1. The van der Waals surface area contributed by atoms with Gasteiger partial charge in [-0.15, -0.1) is 0 Å². The molecular weight excluding hydrogens is 563 g/mol. The van der Waals surface area contributed by atoms with Crippen LogP contribution in [0.4, 0.5) is 13.2 Å². The Hall–Kier alpha value is -5.19. The zero-order chi connectivity index (χ0) is 30.8. The number of nitrogens with zero attached hydrogens (tertiary/aromatic N) is 3. The number of carbonyl (C=O) groups excluding carboxylic acids is 1. The van der Waals surface area contributed by atoms with Gasteiger partial charge in [0.2, 0.25) is 5.43 Å². The van der Waals surface area contributed by atoms with Gasteiger partial charge in [-0.3, -0.25) is 14.6 Å². The predicted molar refractivity (Wildman–Crippen MR) is 154 cm³/mol. The van der Waals surface area contributed by atoms with E-state index >= 15 is 4.39 Å². The van der Waals surface area contributed by atoms with E-state index in [2.05, 4.69) is 9.97 Å². The first-order chi connectivity index (χ1) is 20.6. The van der Waals surface area contributed by atoms with E-state index < -0.39 is 29.5 Å². The summed E-state index contributed by atoms with van der Waals surface area (Å²) in [5, 5.41) is 0. The van der Waals surface area contributed by atoms with E-state index in [0.717, 1.165) is 6.07 Å². The molecule has 0 saturated heterocycles. The molecule has 0 N–H and O–H groups in total. The minimum atomic E-state index is -0.971. The van der Waals surface area contributed by atoms with Crippen LogP contribution < -0.4 is 19.6 Å². The lowest BCUT2D eigenvalue weighted by molar-refractivity contribution is 0.0991. The Morgan fingerprint density at radius 3 is 2.44 bits per heavy atom. The highest BCUT2D eigenvalue weighted by molar-refractivity contribution is 5.98. The van der Waals surface area contributed by atoms with E-state index in [0.29, 0.717) is 27.9 Å². The second-order valence-electron chi connectivity index (χ2n) is 9.74. The predicted octanol–water partition coefficient (Wildman–Crippen LogP) is 6.29. The Morgan fingerprint density at radius 1 is 0.977 bits per heavy atom. The molecule has 220 valence electrons. The van der Waals surface area contributed by atoms with Gasteiger partial charge in [-0.2, -0.15) is 0 Å². The number of aromatic nitrogens is 3. The molecule has 0 atom stereocenters. The van der Waals surface area contributed by atoms with Crippen LogP contribution in [0.1, 0.15) is 27.2 Å². The SMILES string of the molecule is COc1cc2nccc(Oc3ccc(CC(=O)c4cn(C)c(CF)c(-c5ccc(F)cc5C)c4=O)cc3F)c2nc1OC. The molecule has 0 bridgehead atoms. The van der Waals surface area contributed by atoms with Crippen molar-refractivity contribution in [1.29, 1.82) is 0 Å². The number of alkyl halides is 1. The number of pyridine rings is 3. The summed E-state index contributed by atoms with van der Waals surface area (Å²) < 4.78 is 60.6. The van der Waals surface area contributed by atoms with Crippen LogP contribution in [-0.2, 0) is 20.1 Å². The van der Waals surface area contributed by atoms with Crippen LogP contribution in [0.5, 0.6) is 23.1 Å². The van der Waals surface area contributed by atoms with Gasteiger partial charge in [-0.1, -0.05) is 12.1 Å². The molecule has 0 unspecified atom stereocenters. The van der Waals surface area contributed by atoms with Crippen LogP contribution in [0.2, 0.25) is 0 Å². The minimum Gasteiger partial charge on any atom is -0.491 e. The lowest BCUT2D eigenvalue weighted by Crippen LogP contribution is -2.23. The molecule has 0 aliphatic heterocycles. The Morgan fingerprint density at radius 2 is 1.77 bits per heavy atom. The summed E-state index contributed by atoms with van der Waals surface area (Å²) in [4.78, 5) is 35.4. The van der Waals surface area contributed by atoms with Crippen LogP contribution in [0.25, 0.3) is 22.2 Å². The molecule has 0 radical (unpaired) electrons. The van der Waals surface area contributed by atoms with Gasteiger partial charge in [-0.25, -0.2) is 18.2 Å². The third-order valence-electron chi connectivity index (χ3n) is 7.00. The number of carbonyl (C=O) groups is 1. The van der Waals surface area contributed by atoms with Gasteiger partial charge in [0, 0.05) is 38.0 Å². The van der Waals surface area contributed by atoms with Crippen LogP contribution >= 0.6 is 0 Å². The normalized spacial score (nSPS) is 11.0. The molecular formula is C32H26F3N3O5. The quantitative estimate of drug-likeness (QED) is 0.187. The zero-order valence-corrected chi connectivity index (χ0v) is 23.7. The van der Waals surface area contributed by atoms with Crippen molar-refractivity contribution in [3.8, 4) is 34.3 Å². The van der Waals surface area contributed by atoms with Crippen LogP contribution in [0.15, 0.2) is 65.7 Å². The second kappa shape index (κ2) is 12.0. The van der Waals surface area contributed by atoms with Crippen LogP contribution in [-0.4, -0.2) is 34.5 Å². The number of methoxy groups -OCH3 is 2. The van der Waals surface area contributed by atoms with Gasteiger partial charge >= 0.3 is 0 Å². The molecule has 43 heavy (non-hydrogen) atoms. The van der Waals surface area contributed by atoms with Crippen molar-refractivity contribution in [1.82, 2.24) is 14.5 Å². The Labute approximate surface area is 244 Å². The highest BCUT2D eigenvalue weighted by atomic mass is 19.1. The van der Waals surface area contributed by atoms with Gasteiger partial charge in [0.1, 0.15) is 18.0 Å². The molecule has 0 fully saturated rings. The summed E-state index contributed by atoms with van der Waals surface area (Å²) in [6.07, 6.45) is 2.44. The molecule has 0 aliphatic rings. The van der Waals surface area contributed by atoms with Crippen molar-refractivity contribution in [2.45, 2.75) is 20.0 Å². The Bertz CT molecular complexity index is 1940. The Kier molecular flexibility index (Phi) is 8.16. The summed E-state index contributed by atoms with van der Waals surface area (Å²) in [7, 11) is 4.42. The largest absolute Gasteiger partial charge is 0.491 e. The van der Waals surface area contributed by atoms with Gasteiger partial charge in [0.05, 0.1) is 36.6 Å². The third-order valence-corrected chi connectivity index (χ3v) is 7.00. The Balaban J connectivity index is 1.44. The molecule has 0 saturated carbocycles. The average molecular weight is 590 g/mol. The van der Waals surface area contributed by atoms with E-state index in [-0.39, 0.29) is 46.2 Å². The van der Waals surface area contributed by atoms with Crippen molar-refractivity contribution >= 4 is 16.8 Å². The fraction of sp³-hybridized carbons (Fsp3) is 0.188. The van der Waals surface area contributed by atoms with Crippen molar-refractivity contribution in [2.24, 2.45) is 7.05 Å². The number of rotatable bonds is 9. The van der Waals surface area contributed by atoms with E-state index in [1.165, 1.54) is 74.6 Å². The molecule has 11 heteroatoms. The lowest BCUT2D eigenvalue weighted by Gasteiger charge is -2.16. The number of hydrogen-bond acceptors (Lipinski definition) is 7. The first-order valence-corrected chi connectivity index (χ1v) is 13.1. The van der Waals surface area contributed by atoms with Crippen LogP contribution in [0.3, 0.4) is 0 Å². The second-order valence-corrected chi connectivity index (χ2v) is 9.74. The van der Waals surface area contributed by atoms with Gasteiger partial charge in [-0.05, 0) is 47.9 Å². The summed E-state index contributed by atoms with van der Waals surface area (Å²) in [6, 6.07) is 10.9. The number of ether oxygens (including phenoxy) is 3. The molecule has 5 rings (SSSR count). The standard InChI is InChI=1S/C32H26F3N3O5/c1-17-11-19(34)6-7-20(17)29-24(15-33)38(2)16-21(31(29)40)25(39)13-18-5-8-26(22(35)12-18)43-27-9-10-36-23-14-28(41-3)32(42-4)37-30(23)27/h5-12,14,16H,13,15H2,1-4H3. The van der Waals surface area contributed by atoms with Crippen molar-refractivity contribution in [3.05, 3.63) is 105 Å². The summed E-state index contributed by atoms with van der Waals surface area (Å²) in [5.74, 6) is -1.19. The maximum absolute atomic E-state index is 15.2. The molecule has 2 aromatic carbocycles. The van der Waals surface area contributed by atoms with Crippen molar-refractivity contribution in [3.63, 3.8) is 0 Å². The molecule has 5 aromatic rings. The molecule has 3 heterocycles. The number of benzene rings is 2. The van der Waals surface area contributed by atoms with E-state index in [1.54, 1.807) is 13.0 Å². The first kappa shape index (κ1) is 29.3. The summed E-state index contributed by atoms with van der Waals surface area (Å²) in [6.45, 7) is 0.626. The number of aryl methyl sites for hydroxylation is 2. The smallest absolute Gasteiger partial charge is 0.257 e. The number of halogens is 3. The number of ketones is 1. The first-order valence-electron chi connectivity index (χ1n) is 13.1. The zero-order valence-electron chi connectivity index (χ0n) is 23.7. The topological polar surface area (TPSA) is 92.5 Å². The minimum absolute atomic E-state index is 0.0179. The summed E-state index contributed by atoms with van der Waals surface area (Å²) in [5.41, 5.74) is 0.943. The monoisotopic (exact) mass is 589 g/mol. The molecule has 3 aromatic heterocycles. The van der Waals surface area contributed by atoms with E-state index in [9.17, 15) is 18.4 Å². The van der Waals surface area contributed by atoms with Gasteiger partial charge in [0.25, 0.3) is 5.88 Å². The molecule has 8 nitrogen and oxygen atoms in total. The van der Waals surface area contributed by atoms with Gasteiger partial charge in [0.15, 0.2) is 28.8 Å². The van der Waals surface area contributed by atoms with E-state index in [4.69, 9.17) is 14.2 Å².